The van der Waals surface area contributed by atoms with Crippen LogP contribution in [0.5, 0.6) is 0 Å². The fourth-order valence-corrected chi connectivity index (χ4v) is 9.89. The van der Waals surface area contributed by atoms with Gasteiger partial charge in [-0.1, -0.05) is 158 Å². The van der Waals surface area contributed by atoms with E-state index in [4.69, 9.17) is 15.0 Å². The lowest BCUT2D eigenvalue weighted by atomic mass is 9.92. The van der Waals surface area contributed by atoms with Crippen molar-refractivity contribution in [2.75, 3.05) is 0 Å². The van der Waals surface area contributed by atoms with Crippen LogP contribution < -0.4 is 0 Å². The summed E-state index contributed by atoms with van der Waals surface area (Å²) in [7, 11) is 0. The molecule has 0 aliphatic carbocycles. The van der Waals surface area contributed by atoms with Crippen LogP contribution in [0.3, 0.4) is 0 Å². The summed E-state index contributed by atoms with van der Waals surface area (Å²) in [5.41, 5.74) is 8.45. The van der Waals surface area contributed by atoms with Crippen molar-refractivity contribution in [2.45, 2.75) is 0 Å². The average molecular weight is 757 g/mol. The third-order valence-corrected chi connectivity index (χ3v) is 12.6. The van der Waals surface area contributed by atoms with Crippen molar-refractivity contribution < 1.29 is 0 Å². The van der Waals surface area contributed by atoms with Gasteiger partial charge < -0.3 is 4.57 Å². The van der Waals surface area contributed by atoms with Gasteiger partial charge in [-0.05, 0) is 63.7 Å². The summed E-state index contributed by atoms with van der Waals surface area (Å²) in [5.74, 6) is 1.92. The van der Waals surface area contributed by atoms with E-state index in [1.54, 1.807) is 11.3 Å². The van der Waals surface area contributed by atoms with Crippen molar-refractivity contribution in [1.82, 2.24) is 19.5 Å². The third-order valence-electron chi connectivity index (χ3n) is 11.4. The highest BCUT2D eigenvalue weighted by atomic mass is 32.1. The maximum atomic E-state index is 5.40. The van der Waals surface area contributed by atoms with Gasteiger partial charge >= 0.3 is 0 Å². The molecule has 0 aliphatic heterocycles. The molecule has 0 unspecified atom stereocenters. The number of nitrogens with zero attached hydrogens (tertiary/aromatic N) is 4. The standard InChI is InChI=1S/C53H32N4S/c1-3-15-33(16-4-1)43-32-47(57-45-25-13-11-22-39(45)44-29-35-19-7-8-20-36(35)30-46(44)57)38-21-9-10-24-42(38)50(43)53-55-51(34-17-5-2-6-18-34)54-52(56-53)37-27-28-41-40-23-12-14-26-48(40)58-49(41)31-37/h1-32H. The predicted molar refractivity (Wildman–Crippen MR) is 244 cm³/mol. The van der Waals surface area contributed by atoms with E-state index in [0.717, 1.165) is 49.8 Å². The second kappa shape index (κ2) is 13.1. The smallest absolute Gasteiger partial charge is 0.165 e. The van der Waals surface area contributed by atoms with Crippen LogP contribution in [0.15, 0.2) is 194 Å². The first-order valence-electron chi connectivity index (χ1n) is 19.5. The van der Waals surface area contributed by atoms with Gasteiger partial charge in [0.2, 0.25) is 0 Å². The molecule has 3 heterocycles. The lowest BCUT2D eigenvalue weighted by molar-refractivity contribution is 1.08. The van der Waals surface area contributed by atoms with Gasteiger partial charge in [0, 0.05) is 53.0 Å². The number of aromatic nitrogens is 4. The fourth-order valence-electron chi connectivity index (χ4n) is 8.74. The highest BCUT2D eigenvalue weighted by Gasteiger charge is 2.23. The second-order valence-electron chi connectivity index (χ2n) is 14.8. The number of rotatable bonds is 5. The van der Waals surface area contributed by atoms with Gasteiger partial charge in [0.25, 0.3) is 0 Å². The maximum absolute atomic E-state index is 5.40. The molecule has 0 N–H and O–H groups in total. The Labute approximate surface area is 338 Å². The largest absolute Gasteiger partial charge is 0.309 e. The van der Waals surface area contributed by atoms with E-state index in [1.165, 1.54) is 47.2 Å². The zero-order chi connectivity index (χ0) is 38.2. The average Bonchev–Trinajstić information content (AvgIpc) is 3.83. The van der Waals surface area contributed by atoms with E-state index < -0.39 is 0 Å². The molecule has 0 aliphatic rings. The quantitative estimate of drug-likeness (QED) is 0.176. The fraction of sp³-hybridized carbons (Fsp3) is 0. The summed E-state index contributed by atoms with van der Waals surface area (Å²) in [4.78, 5) is 15.9. The molecule has 12 aromatic rings. The number of benzene rings is 9. The molecule has 5 heteroatoms. The van der Waals surface area contributed by atoms with Gasteiger partial charge in [0.1, 0.15) is 0 Å². The highest BCUT2D eigenvalue weighted by molar-refractivity contribution is 7.25. The first-order valence-corrected chi connectivity index (χ1v) is 20.3. The number of para-hydroxylation sites is 1. The zero-order valence-corrected chi connectivity index (χ0v) is 32.0. The maximum Gasteiger partial charge on any atom is 0.165 e. The molecule has 9 aromatic carbocycles. The Morgan fingerprint density at radius 3 is 1.72 bits per heavy atom. The highest BCUT2D eigenvalue weighted by Crippen LogP contribution is 2.44. The summed E-state index contributed by atoms with van der Waals surface area (Å²) < 4.78 is 4.93. The van der Waals surface area contributed by atoms with Gasteiger partial charge in [-0.25, -0.2) is 15.0 Å². The van der Waals surface area contributed by atoms with Crippen molar-refractivity contribution in [2.24, 2.45) is 0 Å². The summed E-state index contributed by atoms with van der Waals surface area (Å²) in [6.45, 7) is 0. The van der Waals surface area contributed by atoms with Crippen LogP contribution in [-0.2, 0) is 0 Å². The molecule has 3 aromatic heterocycles. The van der Waals surface area contributed by atoms with Crippen molar-refractivity contribution in [3.05, 3.63) is 194 Å². The monoisotopic (exact) mass is 756 g/mol. The summed E-state index contributed by atoms with van der Waals surface area (Å²) in [5, 5.41) is 9.60. The van der Waals surface area contributed by atoms with Crippen LogP contribution in [0.1, 0.15) is 0 Å². The lowest BCUT2D eigenvalue weighted by Crippen LogP contribution is -2.03. The van der Waals surface area contributed by atoms with E-state index in [2.05, 4.69) is 180 Å². The topological polar surface area (TPSA) is 43.6 Å². The molecule has 58 heavy (non-hydrogen) atoms. The number of fused-ring (bicyclic) bond motifs is 8. The molecule has 4 nitrogen and oxygen atoms in total. The van der Waals surface area contributed by atoms with Crippen molar-refractivity contribution in [1.29, 1.82) is 0 Å². The minimum Gasteiger partial charge on any atom is -0.309 e. The van der Waals surface area contributed by atoms with Gasteiger partial charge in [-0.15, -0.1) is 11.3 Å². The van der Waals surface area contributed by atoms with E-state index in [0.29, 0.717) is 17.5 Å². The van der Waals surface area contributed by atoms with Gasteiger partial charge in [-0.2, -0.15) is 0 Å². The molecule has 0 bridgehead atoms. The first-order chi connectivity index (χ1) is 28.7. The van der Waals surface area contributed by atoms with Crippen molar-refractivity contribution >= 4 is 74.9 Å². The molecule has 12 rings (SSSR count). The Morgan fingerprint density at radius 2 is 0.931 bits per heavy atom. The van der Waals surface area contributed by atoms with Crippen LogP contribution in [0.25, 0.3) is 115 Å². The SMILES string of the molecule is c1ccc(-c2nc(-c3ccc4c(c3)sc3ccccc34)nc(-c3c(-c4ccccc4)cc(-n4c5ccccc5c5cc6ccccc6cc54)c4ccccc34)n2)cc1. The van der Waals surface area contributed by atoms with Crippen LogP contribution in [-0.4, -0.2) is 19.5 Å². The minimum absolute atomic E-state index is 0.634. The molecular weight excluding hydrogens is 725 g/mol. The molecule has 0 fully saturated rings. The molecule has 0 spiro atoms. The minimum atomic E-state index is 0.634. The number of hydrogen-bond donors (Lipinski definition) is 0. The van der Waals surface area contributed by atoms with Crippen molar-refractivity contribution in [3.63, 3.8) is 0 Å². The number of hydrogen-bond acceptors (Lipinski definition) is 4. The first kappa shape index (κ1) is 32.7. The van der Waals surface area contributed by atoms with E-state index in [1.807, 2.05) is 18.2 Å². The molecule has 0 saturated carbocycles. The van der Waals surface area contributed by atoms with Crippen LogP contribution in [0, 0.1) is 0 Å². The zero-order valence-electron chi connectivity index (χ0n) is 31.2. The Morgan fingerprint density at radius 1 is 0.345 bits per heavy atom. The van der Waals surface area contributed by atoms with Gasteiger partial charge in [0.15, 0.2) is 17.5 Å². The predicted octanol–water partition coefficient (Wildman–Crippen LogP) is 14.3. The summed E-state index contributed by atoms with van der Waals surface area (Å²) in [6.07, 6.45) is 0. The van der Waals surface area contributed by atoms with Gasteiger partial charge in [0.05, 0.1) is 16.7 Å². The molecular formula is C53H32N4S. The molecule has 0 radical (unpaired) electrons. The summed E-state index contributed by atoms with van der Waals surface area (Å²) >= 11 is 1.80. The van der Waals surface area contributed by atoms with Crippen LogP contribution in [0.2, 0.25) is 0 Å². The Hall–Kier alpha value is -7.47. The summed E-state index contributed by atoms with van der Waals surface area (Å²) in [6, 6.07) is 69.2. The Kier molecular flexibility index (Phi) is 7.37. The van der Waals surface area contributed by atoms with Crippen molar-refractivity contribution in [3.8, 4) is 51.0 Å². The molecule has 0 amide bonds. The molecule has 270 valence electrons. The third kappa shape index (κ3) is 5.18. The lowest BCUT2D eigenvalue weighted by Gasteiger charge is -2.19. The van der Waals surface area contributed by atoms with E-state index in [9.17, 15) is 0 Å². The normalized spacial score (nSPS) is 11.8. The second-order valence-corrected chi connectivity index (χ2v) is 15.9. The van der Waals surface area contributed by atoms with Crippen LogP contribution in [0.4, 0.5) is 0 Å². The molecule has 0 saturated heterocycles. The van der Waals surface area contributed by atoms with Crippen LogP contribution >= 0.6 is 11.3 Å². The van der Waals surface area contributed by atoms with E-state index in [-0.39, 0.29) is 0 Å². The Bertz CT molecular complexity index is 3570. The number of thiophene rings is 1. The Balaban J connectivity index is 1.17. The molecule has 0 atom stereocenters. The van der Waals surface area contributed by atoms with Gasteiger partial charge in [-0.3, -0.25) is 0 Å². The van der Waals surface area contributed by atoms with E-state index >= 15 is 0 Å².